The van der Waals surface area contributed by atoms with Crippen molar-refractivity contribution in [1.29, 1.82) is 0 Å². The number of aliphatic hydroxyl groups excluding tert-OH is 1. The molecule has 2 unspecified atom stereocenters. The van der Waals surface area contributed by atoms with Gasteiger partial charge in [-0.05, 0) is 31.4 Å². The van der Waals surface area contributed by atoms with Crippen molar-refractivity contribution in [2.24, 2.45) is 0 Å². The van der Waals surface area contributed by atoms with Gasteiger partial charge in [-0.25, -0.2) is 0 Å². The Kier molecular flexibility index (Phi) is 6.23. The first-order valence-electron chi connectivity index (χ1n) is 7.53. The number of thiophene rings is 1. The van der Waals surface area contributed by atoms with Crippen molar-refractivity contribution in [3.63, 3.8) is 0 Å². The number of hydrogen-bond acceptors (Lipinski definition) is 4. The molecule has 22 heavy (non-hydrogen) atoms. The first-order valence-corrected chi connectivity index (χ1v) is 8.72. The summed E-state index contributed by atoms with van der Waals surface area (Å²) in [7, 11) is 0. The van der Waals surface area contributed by atoms with Gasteiger partial charge in [0.05, 0.1) is 4.34 Å². The zero-order valence-corrected chi connectivity index (χ0v) is 14.1. The van der Waals surface area contributed by atoms with Gasteiger partial charge in [-0.2, -0.15) is 0 Å². The SMILES string of the molecule is CCC(=O)N1CCCCC1C(=O)NCC(O)c1ccc(Cl)s1. The van der Waals surface area contributed by atoms with E-state index in [1.165, 1.54) is 11.3 Å². The fourth-order valence-corrected chi connectivity index (χ4v) is 3.68. The second-order valence-corrected chi connectivity index (χ2v) is 7.10. The monoisotopic (exact) mass is 344 g/mol. The predicted molar refractivity (Wildman–Crippen MR) is 86.9 cm³/mol. The lowest BCUT2D eigenvalue weighted by molar-refractivity contribution is -0.142. The van der Waals surface area contributed by atoms with Crippen LogP contribution in [0.25, 0.3) is 0 Å². The molecule has 122 valence electrons. The van der Waals surface area contributed by atoms with Crippen molar-refractivity contribution in [1.82, 2.24) is 10.2 Å². The maximum absolute atomic E-state index is 12.3. The van der Waals surface area contributed by atoms with Crippen LogP contribution in [0, 0.1) is 0 Å². The normalized spacial score (nSPS) is 19.8. The fraction of sp³-hybridized carbons (Fsp3) is 0.600. The minimum Gasteiger partial charge on any atom is -0.386 e. The molecule has 0 aromatic carbocycles. The number of likely N-dealkylation sites (tertiary alicyclic amines) is 1. The summed E-state index contributed by atoms with van der Waals surface area (Å²) in [5.41, 5.74) is 0. The standard InChI is InChI=1S/C15H21ClN2O3S/c1-2-14(20)18-8-4-3-5-10(18)15(21)17-9-11(19)12-6-7-13(16)22-12/h6-7,10-11,19H,2-5,8-9H2,1H3,(H,17,21). The van der Waals surface area contributed by atoms with Crippen LogP contribution in [-0.2, 0) is 9.59 Å². The molecular weight excluding hydrogens is 324 g/mol. The molecule has 0 bridgehead atoms. The molecule has 2 N–H and O–H groups in total. The molecule has 0 spiro atoms. The summed E-state index contributed by atoms with van der Waals surface area (Å²) in [5.74, 6) is -0.186. The van der Waals surface area contributed by atoms with E-state index in [1.807, 2.05) is 0 Å². The van der Waals surface area contributed by atoms with E-state index in [-0.39, 0.29) is 18.4 Å². The Labute approximate surface area is 139 Å². The van der Waals surface area contributed by atoms with Gasteiger partial charge >= 0.3 is 0 Å². The lowest BCUT2D eigenvalue weighted by atomic mass is 10.0. The number of carbonyl (C=O) groups is 2. The Balaban J connectivity index is 1.91. The maximum atomic E-state index is 12.3. The molecular formula is C15H21ClN2O3S. The number of halogens is 1. The highest BCUT2D eigenvalue weighted by molar-refractivity contribution is 7.16. The number of carbonyl (C=O) groups excluding carboxylic acids is 2. The highest BCUT2D eigenvalue weighted by Gasteiger charge is 2.31. The number of amides is 2. The van der Waals surface area contributed by atoms with Crippen molar-refractivity contribution in [2.75, 3.05) is 13.1 Å². The molecule has 0 radical (unpaired) electrons. The lowest BCUT2D eigenvalue weighted by Gasteiger charge is -2.34. The van der Waals surface area contributed by atoms with E-state index in [0.717, 1.165) is 17.7 Å². The van der Waals surface area contributed by atoms with E-state index in [2.05, 4.69) is 5.32 Å². The molecule has 2 rings (SSSR count). The first-order chi connectivity index (χ1) is 10.5. The quantitative estimate of drug-likeness (QED) is 0.861. The van der Waals surface area contributed by atoms with Crippen LogP contribution >= 0.6 is 22.9 Å². The van der Waals surface area contributed by atoms with Crippen molar-refractivity contribution >= 4 is 34.8 Å². The second kappa shape index (κ2) is 7.94. The van der Waals surface area contributed by atoms with Gasteiger partial charge in [0, 0.05) is 24.4 Å². The van der Waals surface area contributed by atoms with Crippen molar-refractivity contribution < 1.29 is 14.7 Å². The summed E-state index contributed by atoms with van der Waals surface area (Å²) >= 11 is 7.13. The van der Waals surface area contributed by atoms with Crippen LogP contribution < -0.4 is 5.32 Å². The Bertz CT molecular complexity index is 535. The molecule has 1 saturated heterocycles. The number of piperidine rings is 1. The number of aliphatic hydroxyl groups is 1. The van der Waals surface area contributed by atoms with Gasteiger partial charge in [0.1, 0.15) is 12.1 Å². The first kappa shape index (κ1) is 17.2. The van der Waals surface area contributed by atoms with E-state index in [1.54, 1.807) is 24.0 Å². The van der Waals surface area contributed by atoms with Gasteiger partial charge < -0.3 is 15.3 Å². The van der Waals surface area contributed by atoms with E-state index in [0.29, 0.717) is 23.7 Å². The van der Waals surface area contributed by atoms with Crippen LogP contribution in [0.4, 0.5) is 0 Å². The Morgan fingerprint density at radius 1 is 1.50 bits per heavy atom. The smallest absolute Gasteiger partial charge is 0.242 e. The van der Waals surface area contributed by atoms with Crippen molar-refractivity contribution in [3.05, 3.63) is 21.3 Å². The molecule has 0 aliphatic carbocycles. The molecule has 1 fully saturated rings. The van der Waals surface area contributed by atoms with Crippen LogP contribution in [0.5, 0.6) is 0 Å². The lowest BCUT2D eigenvalue weighted by Crippen LogP contribution is -2.52. The Morgan fingerprint density at radius 3 is 2.91 bits per heavy atom. The Morgan fingerprint density at radius 2 is 2.27 bits per heavy atom. The third-order valence-corrected chi connectivity index (χ3v) is 5.15. The minimum atomic E-state index is -0.777. The topological polar surface area (TPSA) is 69.6 Å². The maximum Gasteiger partial charge on any atom is 0.242 e. The summed E-state index contributed by atoms with van der Waals surface area (Å²) in [6.07, 6.45) is 2.18. The summed E-state index contributed by atoms with van der Waals surface area (Å²) < 4.78 is 0.604. The third-order valence-electron chi connectivity index (χ3n) is 3.82. The van der Waals surface area contributed by atoms with Gasteiger partial charge in [0.2, 0.25) is 11.8 Å². The summed E-state index contributed by atoms with van der Waals surface area (Å²) in [6, 6.07) is 3.05. The van der Waals surface area contributed by atoms with E-state index >= 15 is 0 Å². The second-order valence-electron chi connectivity index (χ2n) is 5.36. The molecule has 0 saturated carbocycles. The van der Waals surface area contributed by atoms with Gasteiger partial charge in [-0.15, -0.1) is 11.3 Å². The van der Waals surface area contributed by atoms with Crippen molar-refractivity contribution in [2.45, 2.75) is 44.8 Å². The fourth-order valence-electron chi connectivity index (χ4n) is 2.63. The Hall–Kier alpha value is -1.11. The van der Waals surface area contributed by atoms with E-state index in [9.17, 15) is 14.7 Å². The molecule has 1 aromatic heterocycles. The van der Waals surface area contributed by atoms with Crippen LogP contribution in [0.2, 0.25) is 4.34 Å². The zero-order valence-electron chi connectivity index (χ0n) is 12.5. The van der Waals surface area contributed by atoms with Gasteiger partial charge in [0.25, 0.3) is 0 Å². The average Bonchev–Trinajstić information content (AvgIpc) is 2.98. The van der Waals surface area contributed by atoms with Crippen LogP contribution in [0.15, 0.2) is 12.1 Å². The largest absolute Gasteiger partial charge is 0.386 e. The highest BCUT2D eigenvalue weighted by atomic mass is 35.5. The number of hydrogen-bond donors (Lipinski definition) is 2. The van der Waals surface area contributed by atoms with Crippen molar-refractivity contribution in [3.8, 4) is 0 Å². The average molecular weight is 345 g/mol. The molecule has 2 heterocycles. The minimum absolute atomic E-state index is 0.00503. The molecule has 5 nitrogen and oxygen atoms in total. The molecule has 2 amide bonds. The van der Waals surface area contributed by atoms with Crippen LogP contribution in [0.3, 0.4) is 0 Å². The third kappa shape index (κ3) is 4.21. The summed E-state index contributed by atoms with van der Waals surface area (Å²) in [4.78, 5) is 26.6. The number of rotatable bonds is 5. The highest BCUT2D eigenvalue weighted by Crippen LogP contribution is 2.26. The van der Waals surface area contributed by atoms with Gasteiger partial charge in [-0.1, -0.05) is 18.5 Å². The molecule has 1 aromatic rings. The number of nitrogens with zero attached hydrogens (tertiary/aromatic N) is 1. The molecule has 2 atom stereocenters. The van der Waals surface area contributed by atoms with Crippen LogP contribution in [0.1, 0.15) is 43.6 Å². The summed E-state index contributed by atoms with van der Waals surface area (Å²) in [6.45, 7) is 2.56. The van der Waals surface area contributed by atoms with Gasteiger partial charge in [0.15, 0.2) is 0 Å². The van der Waals surface area contributed by atoms with E-state index in [4.69, 9.17) is 11.6 Å². The molecule has 1 aliphatic rings. The van der Waals surface area contributed by atoms with Crippen LogP contribution in [-0.4, -0.2) is 41.0 Å². The summed E-state index contributed by atoms with van der Waals surface area (Å²) in [5, 5.41) is 12.8. The molecule has 1 aliphatic heterocycles. The van der Waals surface area contributed by atoms with E-state index < -0.39 is 12.1 Å². The number of nitrogens with one attached hydrogen (secondary N) is 1. The zero-order chi connectivity index (χ0) is 16.1. The predicted octanol–water partition coefficient (Wildman–Crippen LogP) is 2.34. The van der Waals surface area contributed by atoms with Gasteiger partial charge in [-0.3, -0.25) is 9.59 Å². The molecule has 7 heteroatoms.